The number of carbonyl (C=O) groups is 1. The number of hydrogen-bond donors (Lipinski definition) is 5. The first kappa shape index (κ1) is 33.4. The number of aliphatic hydroxyl groups is 5. The van der Waals surface area contributed by atoms with E-state index in [1.54, 1.807) is 0 Å². The third-order valence-electron chi connectivity index (χ3n) is 5.73. The second-order valence-electron chi connectivity index (χ2n) is 9.41. The van der Waals surface area contributed by atoms with Gasteiger partial charge in [-0.1, -0.05) is 65.2 Å². The van der Waals surface area contributed by atoms with Crippen molar-refractivity contribution in [2.45, 2.75) is 115 Å². The molecule has 194 valence electrons. The quantitative estimate of drug-likeness (QED) is 0.141. The van der Waals surface area contributed by atoms with Gasteiger partial charge in [-0.3, -0.25) is 0 Å². The summed E-state index contributed by atoms with van der Waals surface area (Å²) in [5.74, 6) is -1.98. The standard InChI is InChI=1S/C18H40N.C6H12O7/c1-5-7-9-11-13-15-17-19(3,4)18-16-14-12-10-8-6-2;7-1-2(8)3(9)4(10)5(11)6(12)13/h5-18H2,1-4H3;2-5,7-11H,1H2,(H,12,13)/q+1;/p-1/t;2-,3-,4+,5-/m.1/s1. The summed E-state index contributed by atoms with van der Waals surface area (Å²) in [4.78, 5) is 9.98. The Balaban J connectivity index is 0. The molecule has 0 aromatic carbocycles. The lowest BCUT2D eigenvalue weighted by molar-refractivity contribution is -0.890. The molecule has 0 aliphatic rings. The third kappa shape index (κ3) is 18.8. The maximum absolute atomic E-state index is 9.98. The maximum atomic E-state index is 9.98. The number of nitrogens with zero attached hydrogens (tertiary/aromatic N) is 1. The summed E-state index contributed by atoms with van der Waals surface area (Å²) >= 11 is 0. The van der Waals surface area contributed by atoms with Crippen LogP contribution in [0.3, 0.4) is 0 Å². The summed E-state index contributed by atoms with van der Waals surface area (Å²) < 4.78 is 1.24. The van der Waals surface area contributed by atoms with Crippen molar-refractivity contribution in [1.82, 2.24) is 0 Å². The highest BCUT2D eigenvalue weighted by Gasteiger charge is 2.30. The number of rotatable bonds is 19. The van der Waals surface area contributed by atoms with Crippen LogP contribution in [0, 0.1) is 0 Å². The SMILES string of the molecule is CCCCCCCC[N+](C)(C)CCCCCCCC.O=C([O-])[C@H](O)[C@@H](O)[C@H](O)[C@H](O)CO. The number of hydrogen-bond acceptors (Lipinski definition) is 7. The third-order valence-corrected chi connectivity index (χ3v) is 5.73. The zero-order valence-electron chi connectivity index (χ0n) is 20.9. The van der Waals surface area contributed by atoms with Crippen molar-refractivity contribution < 1.29 is 39.9 Å². The Labute approximate surface area is 195 Å². The molecule has 0 fully saturated rings. The lowest BCUT2D eigenvalue weighted by atomic mass is 10.0. The Bertz CT molecular complexity index is 417. The van der Waals surface area contributed by atoms with Gasteiger partial charge in [-0.15, -0.1) is 0 Å². The molecule has 0 bridgehead atoms. The fourth-order valence-corrected chi connectivity index (χ4v) is 3.41. The van der Waals surface area contributed by atoms with Gasteiger partial charge in [0.2, 0.25) is 0 Å². The second kappa shape index (κ2) is 20.8. The van der Waals surface area contributed by atoms with Gasteiger partial charge in [-0.2, -0.15) is 0 Å². The number of aliphatic hydroxyl groups excluding tert-OH is 5. The molecule has 0 radical (unpaired) electrons. The van der Waals surface area contributed by atoms with E-state index in [0.29, 0.717) is 0 Å². The first-order valence-corrected chi connectivity index (χ1v) is 12.4. The molecule has 0 saturated carbocycles. The predicted molar refractivity (Wildman–Crippen MR) is 125 cm³/mol. The summed E-state index contributed by atoms with van der Waals surface area (Å²) in [7, 11) is 4.83. The van der Waals surface area contributed by atoms with Crippen LogP contribution in [-0.2, 0) is 4.79 Å². The van der Waals surface area contributed by atoms with Crippen molar-refractivity contribution in [3.05, 3.63) is 0 Å². The molecule has 8 heteroatoms. The van der Waals surface area contributed by atoms with E-state index in [0.717, 1.165) is 0 Å². The number of quaternary nitrogens is 1. The molecule has 0 amide bonds. The van der Waals surface area contributed by atoms with Gasteiger partial charge in [-0.05, 0) is 25.7 Å². The molecule has 0 saturated heterocycles. The Morgan fingerprint density at radius 2 is 1.09 bits per heavy atom. The molecule has 0 spiro atoms. The number of carbonyl (C=O) groups excluding carboxylic acids is 1. The normalized spacial score (nSPS) is 15.4. The molecule has 0 unspecified atom stereocenters. The molecule has 0 aliphatic carbocycles. The summed E-state index contributed by atoms with van der Waals surface area (Å²) in [5.41, 5.74) is 0. The van der Waals surface area contributed by atoms with Crippen LogP contribution in [0.5, 0.6) is 0 Å². The number of unbranched alkanes of at least 4 members (excludes halogenated alkanes) is 10. The minimum Gasteiger partial charge on any atom is -0.547 e. The Hall–Kier alpha value is -0.770. The molecule has 0 aliphatic heterocycles. The molecule has 4 atom stereocenters. The number of aliphatic carboxylic acids is 1. The molecule has 0 heterocycles. The van der Waals surface area contributed by atoms with Crippen molar-refractivity contribution in [2.24, 2.45) is 0 Å². The Morgan fingerprint density at radius 1 is 0.719 bits per heavy atom. The van der Waals surface area contributed by atoms with Gasteiger partial charge in [0.25, 0.3) is 0 Å². The van der Waals surface area contributed by atoms with Crippen LogP contribution in [-0.4, -0.2) is 94.2 Å². The molecule has 5 N–H and O–H groups in total. The second-order valence-corrected chi connectivity index (χ2v) is 9.41. The van der Waals surface area contributed by atoms with E-state index in [1.807, 2.05) is 0 Å². The average molecular weight is 466 g/mol. The summed E-state index contributed by atoms with van der Waals surface area (Å²) in [5, 5.41) is 53.4. The van der Waals surface area contributed by atoms with Crippen molar-refractivity contribution in [1.29, 1.82) is 0 Å². The van der Waals surface area contributed by atoms with E-state index in [1.165, 1.54) is 94.6 Å². The summed E-state index contributed by atoms with van der Waals surface area (Å²) in [6, 6.07) is 0. The monoisotopic (exact) mass is 465 g/mol. The van der Waals surface area contributed by atoms with E-state index in [-0.39, 0.29) is 0 Å². The van der Waals surface area contributed by atoms with Crippen LogP contribution in [0.25, 0.3) is 0 Å². The average Bonchev–Trinajstić information content (AvgIpc) is 2.76. The van der Waals surface area contributed by atoms with Crippen LogP contribution < -0.4 is 5.11 Å². The predicted octanol–water partition coefficient (Wildman–Crippen LogP) is 0.956. The minimum absolute atomic E-state index is 0.863. The molecular weight excluding hydrogens is 414 g/mol. The van der Waals surface area contributed by atoms with Crippen molar-refractivity contribution in [2.75, 3.05) is 33.8 Å². The van der Waals surface area contributed by atoms with Gasteiger partial charge in [0, 0.05) is 0 Å². The van der Waals surface area contributed by atoms with E-state index < -0.39 is 37.0 Å². The van der Waals surface area contributed by atoms with Gasteiger partial charge in [0.1, 0.15) is 24.4 Å². The summed E-state index contributed by atoms with van der Waals surface area (Å²) in [6.07, 6.45) is 9.02. The van der Waals surface area contributed by atoms with Crippen molar-refractivity contribution in [3.63, 3.8) is 0 Å². The summed E-state index contributed by atoms with van der Waals surface area (Å²) in [6.45, 7) is 6.47. The van der Waals surface area contributed by atoms with Crippen molar-refractivity contribution >= 4 is 5.97 Å². The lowest BCUT2D eigenvalue weighted by Crippen LogP contribution is -2.52. The van der Waals surface area contributed by atoms with Crippen LogP contribution >= 0.6 is 0 Å². The van der Waals surface area contributed by atoms with Crippen LogP contribution in [0.4, 0.5) is 0 Å². The van der Waals surface area contributed by atoms with E-state index in [4.69, 9.17) is 25.5 Å². The zero-order chi connectivity index (χ0) is 25.0. The van der Waals surface area contributed by atoms with Crippen LogP contribution in [0.15, 0.2) is 0 Å². The molecule has 0 aromatic heterocycles. The highest BCUT2D eigenvalue weighted by atomic mass is 16.4. The van der Waals surface area contributed by atoms with Gasteiger partial charge >= 0.3 is 0 Å². The van der Waals surface area contributed by atoms with Gasteiger partial charge in [0.05, 0.1) is 39.8 Å². The van der Waals surface area contributed by atoms with Crippen molar-refractivity contribution in [3.8, 4) is 0 Å². The molecule has 0 aromatic rings. The molecule has 32 heavy (non-hydrogen) atoms. The number of carboxylic acids is 1. The zero-order valence-corrected chi connectivity index (χ0v) is 20.9. The Morgan fingerprint density at radius 3 is 1.44 bits per heavy atom. The minimum atomic E-state index is -2.31. The topological polar surface area (TPSA) is 141 Å². The van der Waals surface area contributed by atoms with E-state index >= 15 is 0 Å². The van der Waals surface area contributed by atoms with Gasteiger partial charge in [-0.25, -0.2) is 0 Å². The van der Waals surface area contributed by atoms with Crippen LogP contribution in [0.1, 0.15) is 90.9 Å². The van der Waals surface area contributed by atoms with Gasteiger partial charge in [0.15, 0.2) is 0 Å². The van der Waals surface area contributed by atoms with E-state index in [2.05, 4.69) is 27.9 Å². The Kier molecular flexibility index (Phi) is 21.7. The highest BCUT2D eigenvalue weighted by Crippen LogP contribution is 2.11. The first-order valence-electron chi connectivity index (χ1n) is 12.4. The fourth-order valence-electron chi connectivity index (χ4n) is 3.41. The smallest absolute Gasteiger partial charge is 0.122 e. The fraction of sp³-hybridized carbons (Fsp3) is 0.958. The molecular formula is C24H51NO7. The molecule has 0 rings (SSSR count). The lowest BCUT2D eigenvalue weighted by Gasteiger charge is -2.30. The van der Waals surface area contributed by atoms with E-state index in [9.17, 15) is 9.90 Å². The highest BCUT2D eigenvalue weighted by molar-refractivity contribution is 5.70. The largest absolute Gasteiger partial charge is 0.547 e. The molecule has 8 nitrogen and oxygen atoms in total. The van der Waals surface area contributed by atoms with Crippen LogP contribution in [0.2, 0.25) is 0 Å². The first-order chi connectivity index (χ1) is 15.0. The maximum Gasteiger partial charge on any atom is 0.122 e. The van der Waals surface area contributed by atoms with Gasteiger partial charge < -0.3 is 39.9 Å². The number of carboxylic acid groups (broad SMARTS) is 1.